The van der Waals surface area contributed by atoms with Gasteiger partial charge in [0.05, 0.1) is 11.4 Å². The molecule has 2 heterocycles. The Hall–Kier alpha value is -1.98. The van der Waals surface area contributed by atoms with Crippen LogP contribution in [0.5, 0.6) is 0 Å². The number of fused-ring (bicyclic) bond motifs is 1. The number of rotatable bonds is 4. The van der Waals surface area contributed by atoms with Crippen molar-refractivity contribution in [2.24, 2.45) is 0 Å². The van der Waals surface area contributed by atoms with Crippen molar-refractivity contribution < 1.29 is 0 Å². The number of benzene rings is 1. The van der Waals surface area contributed by atoms with Crippen molar-refractivity contribution in [1.82, 2.24) is 10.5 Å². The molecule has 0 aliphatic carbocycles. The standard InChI is InChI=1S/C17H22ClN5/c1-10-7-11(2)16(12(3)8-10)23-17-15(21-22-23)14(19-6-5-18)9-13(4)20-17/h7-9,21-22H,5-6H2,1-4H3,(H,19,20). The predicted molar refractivity (Wildman–Crippen MR) is 97.7 cm³/mol. The van der Waals surface area contributed by atoms with Crippen molar-refractivity contribution in [1.29, 1.82) is 0 Å². The van der Waals surface area contributed by atoms with Gasteiger partial charge in [0.15, 0.2) is 5.82 Å². The van der Waals surface area contributed by atoms with Crippen molar-refractivity contribution in [3.8, 4) is 0 Å². The Morgan fingerprint density at radius 3 is 2.48 bits per heavy atom. The van der Waals surface area contributed by atoms with E-state index in [1.807, 2.05) is 18.0 Å². The molecule has 0 spiro atoms. The van der Waals surface area contributed by atoms with Crippen LogP contribution in [0.2, 0.25) is 0 Å². The van der Waals surface area contributed by atoms with Crippen LogP contribution < -0.4 is 21.3 Å². The molecule has 6 heteroatoms. The first-order valence-electron chi connectivity index (χ1n) is 7.72. The predicted octanol–water partition coefficient (Wildman–Crippen LogP) is 3.95. The number of aryl methyl sites for hydroxylation is 4. The third kappa shape index (κ3) is 2.94. The zero-order chi connectivity index (χ0) is 16.6. The van der Waals surface area contributed by atoms with Crippen LogP contribution in [0.4, 0.5) is 22.9 Å². The molecule has 0 fully saturated rings. The quantitative estimate of drug-likeness (QED) is 0.741. The van der Waals surface area contributed by atoms with Gasteiger partial charge >= 0.3 is 0 Å². The highest BCUT2D eigenvalue weighted by atomic mass is 35.5. The molecule has 0 saturated carbocycles. The van der Waals surface area contributed by atoms with Gasteiger partial charge in [0.2, 0.25) is 0 Å². The van der Waals surface area contributed by atoms with Crippen molar-refractivity contribution in [2.75, 3.05) is 28.2 Å². The molecule has 0 bridgehead atoms. The second-order valence-electron chi connectivity index (χ2n) is 5.95. The summed E-state index contributed by atoms with van der Waals surface area (Å²) in [5, 5.41) is 5.36. The second kappa shape index (κ2) is 6.26. The van der Waals surface area contributed by atoms with Crippen LogP contribution in [0, 0.1) is 27.7 Å². The summed E-state index contributed by atoms with van der Waals surface area (Å²) in [6.07, 6.45) is 0. The minimum absolute atomic E-state index is 0.559. The highest BCUT2D eigenvalue weighted by Gasteiger charge is 2.27. The molecule has 3 rings (SSSR count). The lowest BCUT2D eigenvalue weighted by Crippen LogP contribution is -2.33. The third-order valence-electron chi connectivity index (χ3n) is 3.90. The largest absolute Gasteiger partial charge is 0.382 e. The van der Waals surface area contributed by atoms with E-state index in [9.17, 15) is 0 Å². The van der Waals surface area contributed by atoms with Gasteiger partial charge in [-0.3, -0.25) is 5.43 Å². The van der Waals surface area contributed by atoms with E-state index in [2.05, 4.69) is 49.2 Å². The van der Waals surface area contributed by atoms with Crippen LogP contribution in [0.3, 0.4) is 0 Å². The van der Waals surface area contributed by atoms with Gasteiger partial charge in [-0.05, 0) is 44.9 Å². The Bertz CT molecular complexity index is 721. The van der Waals surface area contributed by atoms with Gasteiger partial charge < -0.3 is 5.32 Å². The third-order valence-corrected chi connectivity index (χ3v) is 4.09. The Morgan fingerprint density at radius 2 is 1.83 bits per heavy atom. The monoisotopic (exact) mass is 331 g/mol. The SMILES string of the molecule is Cc1cc(C)c(N2NNc3c(NCCCl)cc(C)nc32)c(C)c1. The van der Waals surface area contributed by atoms with Crippen LogP contribution in [0.15, 0.2) is 18.2 Å². The minimum Gasteiger partial charge on any atom is -0.382 e. The number of halogens is 1. The highest BCUT2D eigenvalue weighted by Crippen LogP contribution is 2.40. The van der Waals surface area contributed by atoms with Crippen LogP contribution in [-0.2, 0) is 0 Å². The number of hydrazine groups is 2. The van der Waals surface area contributed by atoms with E-state index < -0.39 is 0 Å². The molecule has 0 radical (unpaired) electrons. The summed E-state index contributed by atoms with van der Waals surface area (Å²) >= 11 is 5.80. The van der Waals surface area contributed by atoms with Crippen LogP contribution >= 0.6 is 11.6 Å². The molecule has 23 heavy (non-hydrogen) atoms. The van der Waals surface area contributed by atoms with E-state index in [1.165, 1.54) is 16.7 Å². The van der Waals surface area contributed by atoms with Gasteiger partial charge in [-0.15, -0.1) is 17.1 Å². The zero-order valence-corrected chi connectivity index (χ0v) is 14.7. The number of aromatic nitrogens is 1. The molecule has 2 aromatic rings. The first-order chi connectivity index (χ1) is 11.0. The normalized spacial score (nSPS) is 13.0. The van der Waals surface area contributed by atoms with E-state index in [0.717, 1.165) is 28.6 Å². The molecular weight excluding hydrogens is 310 g/mol. The Kier molecular flexibility index (Phi) is 4.33. The maximum Gasteiger partial charge on any atom is 0.176 e. The molecule has 0 saturated heterocycles. The fourth-order valence-corrected chi connectivity index (χ4v) is 3.21. The number of nitrogens with one attached hydrogen (secondary N) is 3. The lowest BCUT2D eigenvalue weighted by molar-refractivity contribution is 0.843. The molecule has 1 aliphatic rings. The van der Waals surface area contributed by atoms with Gasteiger partial charge in [0.25, 0.3) is 0 Å². The van der Waals surface area contributed by atoms with Gasteiger partial charge in [-0.25, -0.2) is 9.99 Å². The molecule has 0 unspecified atom stereocenters. The fraction of sp³-hybridized carbons (Fsp3) is 0.353. The number of pyridine rings is 1. The van der Waals surface area contributed by atoms with Gasteiger partial charge in [0, 0.05) is 18.1 Å². The molecule has 122 valence electrons. The number of hydrogen-bond acceptors (Lipinski definition) is 5. The summed E-state index contributed by atoms with van der Waals surface area (Å²) in [5.41, 5.74) is 14.2. The average Bonchev–Trinajstić information content (AvgIpc) is 2.87. The molecule has 1 aromatic carbocycles. The molecular formula is C17H22ClN5. The summed E-state index contributed by atoms with van der Waals surface area (Å²) in [6.45, 7) is 9.07. The lowest BCUT2D eigenvalue weighted by atomic mass is 10.0. The van der Waals surface area contributed by atoms with Gasteiger partial charge in [0.1, 0.15) is 5.69 Å². The molecule has 0 atom stereocenters. The molecule has 0 amide bonds. The van der Waals surface area contributed by atoms with Gasteiger partial charge in [-0.2, -0.15) is 0 Å². The summed E-state index contributed by atoms with van der Waals surface area (Å²) in [5.74, 6) is 1.43. The molecule has 1 aromatic heterocycles. The van der Waals surface area contributed by atoms with E-state index in [1.54, 1.807) is 0 Å². The van der Waals surface area contributed by atoms with E-state index in [4.69, 9.17) is 16.6 Å². The number of nitrogens with zero attached hydrogens (tertiary/aromatic N) is 2. The summed E-state index contributed by atoms with van der Waals surface area (Å²) in [4.78, 5) is 4.71. The Morgan fingerprint density at radius 1 is 1.13 bits per heavy atom. The lowest BCUT2D eigenvalue weighted by Gasteiger charge is -2.22. The minimum atomic E-state index is 0.559. The first-order valence-corrected chi connectivity index (χ1v) is 8.26. The topological polar surface area (TPSA) is 52.2 Å². The smallest absolute Gasteiger partial charge is 0.176 e. The average molecular weight is 332 g/mol. The molecule has 3 N–H and O–H groups in total. The molecule has 1 aliphatic heterocycles. The fourth-order valence-electron chi connectivity index (χ4n) is 3.11. The Labute approximate surface area is 142 Å². The molecule has 5 nitrogen and oxygen atoms in total. The van der Waals surface area contributed by atoms with Crippen LogP contribution in [0.25, 0.3) is 0 Å². The van der Waals surface area contributed by atoms with Gasteiger partial charge in [-0.1, -0.05) is 17.7 Å². The van der Waals surface area contributed by atoms with Crippen LogP contribution in [-0.4, -0.2) is 17.4 Å². The van der Waals surface area contributed by atoms with E-state index in [-0.39, 0.29) is 0 Å². The summed E-state index contributed by atoms with van der Waals surface area (Å²) < 4.78 is 0. The first kappa shape index (κ1) is 15.9. The maximum atomic E-state index is 5.80. The maximum absolute atomic E-state index is 5.80. The van der Waals surface area contributed by atoms with E-state index in [0.29, 0.717) is 12.4 Å². The van der Waals surface area contributed by atoms with Crippen LogP contribution in [0.1, 0.15) is 22.4 Å². The number of hydrogen-bond donors (Lipinski definition) is 3. The van der Waals surface area contributed by atoms with Crippen molar-refractivity contribution >= 4 is 34.5 Å². The van der Waals surface area contributed by atoms with Crippen molar-refractivity contribution in [3.63, 3.8) is 0 Å². The van der Waals surface area contributed by atoms with Crippen molar-refractivity contribution in [2.45, 2.75) is 27.7 Å². The Balaban J connectivity index is 2.07. The second-order valence-corrected chi connectivity index (χ2v) is 6.32. The van der Waals surface area contributed by atoms with E-state index >= 15 is 0 Å². The zero-order valence-electron chi connectivity index (χ0n) is 13.9. The summed E-state index contributed by atoms with van der Waals surface area (Å²) in [6, 6.07) is 6.40. The van der Waals surface area contributed by atoms with Crippen molar-refractivity contribution in [3.05, 3.63) is 40.6 Å². The number of anilines is 4. The highest BCUT2D eigenvalue weighted by molar-refractivity contribution is 6.18. The number of alkyl halides is 1. The summed E-state index contributed by atoms with van der Waals surface area (Å²) in [7, 11) is 0.